The lowest BCUT2D eigenvalue weighted by molar-refractivity contribution is 0.0864. The number of hydrogen-bond acceptors (Lipinski definition) is 4. The number of benzene rings is 1. The monoisotopic (exact) mass is 395 g/mol. The summed E-state index contributed by atoms with van der Waals surface area (Å²) in [7, 11) is 3.17. The van der Waals surface area contributed by atoms with Gasteiger partial charge in [-0.1, -0.05) is 30.3 Å². The van der Waals surface area contributed by atoms with E-state index in [1.54, 1.807) is 20.3 Å². The predicted molar refractivity (Wildman–Crippen MR) is 108 cm³/mol. The van der Waals surface area contributed by atoms with E-state index in [9.17, 15) is 14.7 Å². The van der Waals surface area contributed by atoms with Gasteiger partial charge in [0.2, 0.25) is 0 Å². The lowest BCUT2D eigenvalue weighted by atomic mass is 10.1. The van der Waals surface area contributed by atoms with Gasteiger partial charge in [-0.25, -0.2) is 9.78 Å². The van der Waals surface area contributed by atoms with Gasteiger partial charge >= 0.3 is 5.69 Å². The number of rotatable bonds is 5. The van der Waals surface area contributed by atoms with Crippen molar-refractivity contribution in [2.24, 2.45) is 20.0 Å². The number of carbonyl (C=O) groups excluding carboxylic acids is 1. The maximum atomic E-state index is 12.6. The van der Waals surface area contributed by atoms with Crippen molar-refractivity contribution in [3.63, 3.8) is 0 Å². The molecule has 0 radical (unpaired) electrons. The number of amides is 1. The van der Waals surface area contributed by atoms with E-state index in [-0.39, 0.29) is 29.3 Å². The minimum atomic E-state index is -0.617. The molecule has 3 aromatic rings. The van der Waals surface area contributed by atoms with Crippen molar-refractivity contribution in [3.05, 3.63) is 65.1 Å². The van der Waals surface area contributed by atoms with Crippen LogP contribution in [-0.4, -0.2) is 41.8 Å². The fourth-order valence-electron chi connectivity index (χ4n) is 4.12. The third-order valence-corrected chi connectivity index (χ3v) is 5.64. The topological polar surface area (TPSA) is 94.1 Å². The number of aromatic nitrogens is 4. The third-order valence-electron chi connectivity index (χ3n) is 5.64. The largest absolute Gasteiger partial charge is 0.391 e. The average molecular weight is 395 g/mol. The van der Waals surface area contributed by atoms with Crippen LogP contribution in [0.2, 0.25) is 0 Å². The Balaban J connectivity index is 1.43. The van der Waals surface area contributed by atoms with Crippen molar-refractivity contribution < 1.29 is 9.90 Å². The molecular weight excluding hydrogens is 370 g/mol. The Morgan fingerprint density at radius 1 is 1.24 bits per heavy atom. The molecule has 1 aliphatic carbocycles. The molecule has 8 heteroatoms. The molecule has 1 fully saturated rings. The molecule has 1 saturated carbocycles. The van der Waals surface area contributed by atoms with Crippen LogP contribution in [0.1, 0.15) is 23.3 Å². The second-order valence-corrected chi connectivity index (χ2v) is 7.72. The van der Waals surface area contributed by atoms with Crippen molar-refractivity contribution in [2.75, 3.05) is 0 Å². The van der Waals surface area contributed by atoms with Gasteiger partial charge < -0.3 is 19.6 Å². The number of aryl methyl sites for hydroxylation is 1. The number of hydrogen-bond donors (Lipinski definition) is 2. The van der Waals surface area contributed by atoms with Crippen LogP contribution in [0.3, 0.4) is 0 Å². The van der Waals surface area contributed by atoms with Crippen molar-refractivity contribution in [1.29, 1.82) is 0 Å². The van der Waals surface area contributed by atoms with E-state index in [0.29, 0.717) is 12.8 Å². The molecule has 3 atom stereocenters. The molecular formula is C21H25N5O3. The Morgan fingerprint density at radius 3 is 2.69 bits per heavy atom. The molecule has 1 unspecified atom stereocenters. The van der Waals surface area contributed by atoms with Gasteiger partial charge in [0.1, 0.15) is 11.5 Å². The van der Waals surface area contributed by atoms with Crippen LogP contribution in [0.15, 0.2) is 53.7 Å². The molecule has 152 valence electrons. The second kappa shape index (κ2) is 7.71. The fraction of sp³-hybridized carbons (Fsp3) is 0.381. The van der Waals surface area contributed by atoms with Crippen molar-refractivity contribution >= 4 is 5.91 Å². The number of aliphatic hydroxyl groups is 1. The van der Waals surface area contributed by atoms with Gasteiger partial charge in [0.25, 0.3) is 5.91 Å². The number of aliphatic hydroxyl groups excluding tert-OH is 1. The minimum absolute atomic E-state index is 0.214. The van der Waals surface area contributed by atoms with Gasteiger partial charge in [0.05, 0.1) is 12.1 Å². The summed E-state index contributed by atoms with van der Waals surface area (Å²) >= 11 is 0. The van der Waals surface area contributed by atoms with Crippen molar-refractivity contribution in [1.82, 2.24) is 24.0 Å². The van der Waals surface area contributed by atoms with Gasteiger partial charge in [-0.3, -0.25) is 9.36 Å². The van der Waals surface area contributed by atoms with Crippen molar-refractivity contribution in [2.45, 2.75) is 31.5 Å². The summed E-state index contributed by atoms with van der Waals surface area (Å²) in [4.78, 5) is 28.9. The molecule has 1 amide bonds. The number of nitrogens with zero attached hydrogens (tertiary/aromatic N) is 4. The first kappa shape index (κ1) is 19.2. The van der Waals surface area contributed by atoms with Crippen LogP contribution in [0.25, 0.3) is 11.4 Å². The molecule has 29 heavy (non-hydrogen) atoms. The maximum Gasteiger partial charge on any atom is 0.328 e. The summed E-state index contributed by atoms with van der Waals surface area (Å²) in [6, 6.07) is 9.64. The van der Waals surface area contributed by atoms with Gasteiger partial charge in [-0.15, -0.1) is 0 Å². The summed E-state index contributed by atoms with van der Waals surface area (Å²) in [6.45, 7) is 0.720. The summed E-state index contributed by atoms with van der Waals surface area (Å²) in [6.07, 6.45) is 5.89. The highest BCUT2D eigenvalue weighted by Gasteiger charge is 2.35. The quantitative estimate of drug-likeness (QED) is 0.678. The Bertz CT molecular complexity index is 1070. The average Bonchev–Trinajstić information content (AvgIpc) is 3.38. The maximum absolute atomic E-state index is 12.6. The van der Waals surface area contributed by atoms with Crippen LogP contribution in [0.4, 0.5) is 0 Å². The Hall–Kier alpha value is -3.13. The van der Waals surface area contributed by atoms with Gasteiger partial charge in [0, 0.05) is 44.8 Å². The fourth-order valence-corrected chi connectivity index (χ4v) is 4.12. The molecule has 8 nitrogen and oxygen atoms in total. The third kappa shape index (κ3) is 3.75. The zero-order valence-corrected chi connectivity index (χ0v) is 16.5. The van der Waals surface area contributed by atoms with Gasteiger partial charge in [-0.2, -0.15) is 0 Å². The molecule has 0 spiro atoms. The van der Waals surface area contributed by atoms with Crippen LogP contribution in [0.5, 0.6) is 0 Å². The Kier molecular flexibility index (Phi) is 5.10. The molecule has 1 aromatic carbocycles. The lowest BCUT2D eigenvalue weighted by Crippen LogP contribution is -2.41. The summed E-state index contributed by atoms with van der Waals surface area (Å²) in [5.41, 5.74) is 1.08. The van der Waals surface area contributed by atoms with E-state index in [0.717, 1.165) is 17.9 Å². The zero-order chi connectivity index (χ0) is 20.5. The van der Waals surface area contributed by atoms with Crippen LogP contribution >= 0.6 is 0 Å². The SMILES string of the molecule is Cn1cc(C(=O)N[C@@H]2CC(Cn3ccnc3-c3ccccc3)C[C@H]2O)n(C)c1=O. The lowest BCUT2D eigenvalue weighted by Gasteiger charge is -2.16. The summed E-state index contributed by atoms with van der Waals surface area (Å²) in [5.74, 6) is 0.765. The van der Waals surface area contributed by atoms with Gasteiger partial charge in [0.15, 0.2) is 0 Å². The summed E-state index contributed by atoms with van der Waals surface area (Å²) < 4.78 is 4.77. The van der Waals surface area contributed by atoms with E-state index < -0.39 is 6.10 Å². The Morgan fingerprint density at radius 2 is 2.00 bits per heavy atom. The van der Waals surface area contributed by atoms with E-state index >= 15 is 0 Å². The predicted octanol–water partition coefficient (Wildman–Crippen LogP) is 1.16. The van der Waals surface area contributed by atoms with E-state index in [2.05, 4.69) is 14.9 Å². The minimum Gasteiger partial charge on any atom is -0.391 e. The highest BCUT2D eigenvalue weighted by molar-refractivity contribution is 5.92. The zero-order valence-electron chi connectivity index (χ0n) is 16.5. The highest BCUT2D eigenvalue weighted by Crippen LogP contribution is 2.29. The molecule has 2 heterocycles. The number of nitrogens with one attached hydrogen (secondary N) is 1. The van der Waals surface area contributed by atoms with Crippen LogP contribution in [0, 0.1) is 5.92 Å². The molecule has 4 rings (SSSR count). The van der Waals surface area contributed by atoms with Crippen LogP contribution in [-0.2, 0) is 20.6 Å². The molecule has 2 N–H and O–H groups in total. The highest BCUT2D eigenvalue weighted by atomic mass is 16.3. The molecule has 0 saturated heterocycles. The second-order valence-electron chi connectivity index (χ2n) is 7.72. The molecule has 1 aliphatic rings. The normalized spacial score (nSPS) is 21.4. The smallest absolute Gasteiger partial charge is 0.328 e. The molecule has 2 aromatic heterocycles. The van der Waals surface area contributed by atoms with Crippen molar-refractivity contribution in [3.8, 4) is 11.4 Å². The Labute approximate surface area is 168 Å². The molecule has 0 bridgehead atoms. The molecule has 0 aliphatic heterocycles. The number of carbonyl (C=O) groups is 1. The first-order valence-corrected chi connectivity index (χ1v) is 9.72. The standard InChI is InChI=1S/C21H25N5O3/c1-24-13-17(25(2)21(24)29)20(28)23-16-10-14(11-18(16)27)12-26-9-8-22-19(26)15-6-4-3-5-7-15/h3-9,13-14,16,18,27H,10-12H2,1-2H3,(H,23,28)/t14?,16-,18-/m1/s1. The van der Waals surface area contributed by atoms with Gasteiger partial charge in [-0.05, 0) is 18.8 Å². The van der Waals surface area contributed by atoms with E-state index in [1.165, 1.54) is 15.3 Å². The summed E-state index contributed by atoms with van der Waals surface area (Å²) in [5, 5.41) is 13.4. The first-order chi connectivity index (χ1) is 13.9. The first-order valence-electron chi connectivity index (χ1n) is 9.72. The van der Waals surface area contributed by atoms with E-state index in [4.69, 9.17) is 0 Å². The van der Waals surface area contributed by atoms with Crippen LogP contribution < -0.4 is 11.0 Å². The van der Waals surface area contributed by atoms with E-state index in [1.807, 2.05) is 36.5 Å². The number of imidazole rings is 2.